The lowest BCUT2D eigenvalue weighted by Gasteiger charge is -2.25. The van der Waals surface area contributed by atoms with Gasteiger partial charge in [-0.25, -0.2) is 34.0 Å². The fourth-order valence-corrected chi connectivity index (χ4v) is 6.64. The van der Waals surface area contributed by atoms with Crippen molar-refractivity contribution < 1.29 is 37.9 Å². The molecule has 18 heteroatoms. The Kier molecular flexibility index (Phi) is 13.1. The van der Waals surface area contributed by atoms with E-state index in [2.05, 4.69) is 30.0 Å². The second kappa shape index (κ2) is 18.5. The summed E-state index contributed by atoms with van der Waals surface area (Å²) in [6.45, 7) is 1.40. The van der Waals surface area contributed by atoms with Crippen LogP contribution in [0.25, 0.3) is 11.1 Å². The van der Waals surface area contributed by atoms with E-state index in [9.17, 15) is 24.4 Å². The molecule has 0 spiro atoms. The number of nitrogens with one attached hydrogen (secondary N) is 3. The monoisotopic (exact) mass is 797 g/mol. The number of hydroxylamine groups is 1. The van der Waals surface area contributed by atoms with Crippen LogP contribution in [0.4, 0.5) is 30.8 Å². The maximum absolute atomic E-state index is 15.2. The fourth-order valence-electron chi connectivity index (χ4n) is 5.98. The van der Waals surface area contributed by atoms with Crippen LogP contribution >= 0.6 is 11.9 Å². The third-order valence-corrected chi connectivity index (χ3v) is 10.1. The van der Waals surface area contributed by atoms with Crippen LogP contribution < -0.4 is 25.3 Å². The predicted molar refractivity (Wildman–Crippen MR) is 207 cm³/mol. The highest BCUT2D eigenvalue weighted by atomic mass is 32.2. The van der Waals surface area contributed by atoms with Crippen molar-refractivity contribution in [2.24, 2.45) is 0 Å². The van der Waals surface area contributed by atoms with E-state index < -0.39 is 41.1 Å². The molecule has 1 fully saturated rings. The first kappa shape index (κ1) is 40.3. The number of benzene rings is 2. The molecule has 4 amide bonds. The van der Waals surface area contributed by atoms with E-state index in [4.69, 9.17) is 4.74 Å². The third kappa shape index (κ3) is 9.72. The Bertz CT molecular complexity index is 2230. The summed E-state index contributed by atoms with van der Waals surface area (Å²) in [4.78, 5) is 70.6. The Morgan fingerprint density at radius 2 is 1.67 bits per heavy atom. The van der Waals surface area contributed by atoms with Gasteiger partial charge in [0.25, 0.3) is 11.8 Å². The first-order valence-corrected chi connectivity index (χ1v) is 18.4. The maximum Gasteiger partial charge on any atom is 0.329 e. The number of urea groups is 1. The number of amides is 4. The number of aromatic nitrogens is 4. The molecule has 0 aliphatic carbocycles. The Morgan fingerprint density at radius 1 is 0.930 bits per heavy atom. The first-order chi connectivity index (χ1) is 27.6. The summed E-state index contributed by atoms with van der Waals surface area (Å²) in [5.41, 5.74) is 3.24. The van der Waals surface area contributed by atoms with E-state index in [0.717, 1.165) is 47.8 Å². The van der Waals surface area contributed by atoms with Crippen LogP contribution in [0.5, 0.6) is 0 Å². The molecule has 6 rings (SSSR count). The van der Waals surface area contributed by atoms with Crippen molar-refractivity contribution in [3.63, 3.8) is 0 Å². The summed E-state index contributed by atoms with van der Waals surface area (Å²) in [7, 11) is 2.94. The topological polar surface area (TPSA) is 192 Å². The van der Waals surface area contributed by atoms with Crippen LogP contribution in [0, 0.1) is 11.6 Å². The van der Waals surface area contributed by atoms with Crippen LogP contribution in [-0.2, 0) is 16.0 Å². The van der Waals surface area contributed by atoms with Crippen molar-refractivity contribution in [1.82, 2.24) is 30.7 Å². The van der Waals surface area contributed by atoms with Crippen LogP contribution in [0.15, 0.2) is 90.5 Å². The summed E-state index contributed by atoms with van der Waals surface area (Å²) < 4.78 is 38.6. The fraction of sp³-hybridized carbons (Fsp3) is 0.231. The zero-order valence-electron chi connectivity index (χ0n) is 30.7. The molecule has 57 heavy (non-hydrogen) atoms. The van der Waals surface area contributed by atoms with Crippen molar-refractivity contribution >= 4 is 53.3 Å². The minimum Gasteiger partial charge on any atom is -0.381 e. The molecule has 0 radical (unpaired) electrons. The van der Waals surface area contributed by atoms with Gasteiger partial charge in [-0.05, 0) is 66.2 Å². The summed E-state index contributed by atoms with van der Waals surface area (Å²) in [6, 6.07) is 11.4. The number of anilines is 3. The summed E-state index contributed by atoms with van der Waals surface area (Å²) in [5, 5.41) is 11.7. The van der Waals surface area contributed by atoms with Gasteiger partial charge >= 0.3 is 6.03 Å². The molecule has 1 aliphatic heterocycles. The quantitative estimate of drug-likeness (QED) is 0.0502. The van der Waals surface area contributed by atoms with Crippen LogP contribution in [0.1, 0.15) is 50.9 Å². The van der Waals surface area contributed by atoms with E-state index in [-0.39, 0.29) is 35.1 Å². The molecule has 5 aromatic rings. The number of hydrogen-bond acceptors (Lipinski definition) is 12. The van der Waals surface area contributed by atoms with Crippen molar-refractivity contribution in [2.75, 3.05) is 41.8 Å². The molecular weight excluding hydrogens is 761 g/mol. The van der Waals surface area contributed by atoms with Gasteiger partial charge in [0, 0.05) is 86.5 Å². The smallest absolute Gasteiger partial charge is 0.329 e. The molecule has 294 valence electrons. The molecule has 4 heterocycles. The number of carbonyl (C=O) groups is 4. The average Bonchev–Trinajstić information content (AvgIpc) is 3.26. The van der Waals surface area contributed by atoms with Gasteiger partial charge in [0.15, 0.2) is 6.29 Å². The Labute approximate surface area is 330 Å². The number of ether oxygens (including phenoxy) is 1. The molecule has 1 atom stereocenters. The van der Waals surface area contributed by atoms with E-state index in [1.807, 2.05) is 12.1 Å². The van der Waals surface area contributed by atoms with Crippen molar-refractivity contribution in [3.8, 4) is 11.1 Å². The molecular formula is C39H37F2N9O6S. The predicted octanol–water partition coefficient (Wildman–Crippen LogP) is 5.58. The van der Waals surface area contributed by atoms with Gasteiger partial charge in [-0.3, -0.25) is 34.4 Å². The Hall–Kier alpha value is -6.37. The third-order valence-electron chi connectivity index (χ3n) is 9.25. The van der Waals surface area contributed by atoms with Gasteiger partial charge in [-0.2, -0.15) is 0 Å². The molecule has 15 nitrogen and oxygen atoms in total. The summed E-state index contributed by atoms with van der Waals surface area (Å²) >= 11 is 1.03. The number of rotatable bonds is 13. The van der Waals surface area contributed by atoms with Crippen molar-refractivity contribution in [2.45, 2.75) is 36.1 Å². The highest BCUT2D eigenvalue weighted by Gasteiger charge is 2.26. The van der Waals surface area contributed by atoms with Gasteiger partial charge in [0.1, 0.15) is 29.3 Å². The number of aldehydes is 1. The molecule has 3 aromatic heterocycles. The number of halogens is 2. The minimum atomic E-state index is -1.43. The molecule has 0 bridgehead atoms. The molecule has 0 saturated carbocycles. The van der Waals surface area contributed by atoms with Gasteiger partial charge in [0.2, 0.25) is 0 Å². The zero-order valence-corrected chi connectivity index (χ0v) is 31.5. The molecule has 4 N–H and O–H groups in total. The van der Waals surface area contributed by atoms with E-state index in [0.29, 0.717) is 36.0 Å². The lowest BCUT2D eigenvalue weighted by atomic mass is 9.99. The molecule has 1 saturated heterocycles. The van der Waals surface area contributed by atoms with Gasteiger partial charge in [-0.15, -0.1) is 0 Å². The van der Waals surface area contributed by atoms with Gasteiger partial charge in [-0.1, -0.05) is 18.2 Å². The zero-order chi connectivity index (χ0) is 40.5. The lowest BCUT2D eigenvalue weighted by molar-refractivity contribution is -0.131. The van der Waals surface area contributed by atoms with E-state index in [1.54, 1.807) is 24.5 Å². The average molecular weight is 798 g/mol. The number of pyridine rings is 2. The number of nitrogens with zero attached hydrogens (tertiary/aromatic N) is 6. The summed E-state index contributed by atoms with van der Waals surface area (Å²) in [6.07, 6.45) is 9.89. The molecule has 2 aromatic carbocycles. The summed E-state index contributed by atoms with van der Waals surface area (Å²) in [5.74, 6) is -2.82. The normalized spacial score (nSPS) is 13.3. The highest BCUT2D eigenvalue weighted by molar-refractivity contribution is 8.00. The molecule has 1 unspecified atom stereocenters. The van der Waals surface area contributed by atoms with E-state index in [1.165, 1.54) is 66.2 Å². The van der Waals surface area contributed by atoms with Crippen molar-refractivity contribution in [1.29, 1.82) is 0 Å². The highest BCUT2D eigenvalue weighted by Crippen LogP contribution is 2.29. The van der Waals surface area contributed by atoms with Crippen LogP contribution in [0.3, 0.4) is 0 Å². The second-order valence-electron chi connectivity index (χ2n) is 12.9. The standard InChI is InChI=1S/C39H37F2N9O6S/c1-49(34-21-42-12-9-26(34)22-51)39(54)50(2)35-8-3-23(18-43-35)15-33(38(53)47-55)46-37(52)29-16-31(41)32(17-30(29)40)48-57-28-6-4-24(5-7-28)27-19-44-36(45-20-27)25-10-13-56-14-11-25/h3-9,12,16-22,25,33,48,55H,10-11,13-15H2,1-2H3,(H,46,52)(H,47,53). The molecule has 1 aliphatic rings. The SMILES string of the molecule is CN(C(=O)N(C)c1cnccc1C=O)c1ccc(CC(NC(=O)c2cc(F)c(NSc3ccc(-c4cnc(C5CCOCC5)nc4)cc3)cc2F)C(=O)NO)cn1. The number of carbonyl (C=O) groups excluding carboxylic acids is 4. The van der Waals surface area contributed by atoms with Gasteiger partial charge in [0.05, 0.1) is 23.1 Å². The largest absolute Gasteiger partial charge is 0.381 e. The van der Waals surface area contributed by atoms with Crippen molar-refractivity contribution in [3.05, 3.63) is 120 Å². The van der Waals surface area contributed by atoms with Gasteiger partial charge < -0.3 is 14.8 Å². The Morgan fingerprint density at radius 3 is 2.33 bits per heavy atom. The first-order valence-electron chi connectivity index (χ1n) is 17.6. The number of hydrogen-bond donors (Lipinski definition) is 4. The van der Waals surface area contributed by atoms with E-state index >= 15 is 8.78 Å². The van der Waals surface area contributed by atoms with Crippen LogP contribution in [-0.4, -0.2) is 82.6 Å². The maximum atomic E-state index is 15.2. The minimum absolute atomic E-state index is 0.211. The van der Waals surface area contributed by atoms with Crippen LogP contribution in [0.2, 0.25) is 0 Å². The Balaban J connectivity index is 1.05. The second-order valence-corrected chi connectivity index (χ2v) is 13.8. The lowest BCUT2D eigenvalue weighted by Crippen LogP contribution is -2.47.